The summed E-state index contributed by atoms with van der Waals surface area (Å²) in [7, 11) is 3.56. The standard InChI is InChI=1S/C14H19N3OS2/c1-6-10-7-11-12(15-9(3)16-13(11)20-10)19-8(2)14(18)17(4)5/h7-8H,6H2,1-5H3. The SMILES string of the molecule is CCc1cc2c(SC(C)C(=O)N(C)C)nc(C)nc2s1. The molecule has 2 aromatic rings. The molecule has 2 heterocycles. The molecule has 0 saturated carbocycles. The molecule has 0 bridgehead atoms. The van der Waals surface area contributed by atoms with Crippen molar-refractivity contribution in [1.82, 2.24) is 14.9 Å². The first-order valence-electron chi connectivity index (χ1n) is 6.57. The van der Waals surface area contributed by atoms with Gasteiger partial charge in [0.05, 0.1) is 5.25 Å². The zero-order valence-corrected chi connectivity index (χ0v) is 14.1. The number of hydrogen-bond acceptors (Lipinski definition) is 5. The number of hydrogen-bond donors (Lipinski definition) is 0. The van der Waals surface area contributed by atoms with E-state index >= 15 is 0 Å². The summed E-state index contributed by atoms with van der Waals surface area (Å²) in [6, 6.07) is 2.15. The van der Waals surface area contributed by atoms with Gasteiger partial charge in [0.15, 0.2) is 0 Å². The Morgan fingerprint density at radius 2 is 2.15 bits per heavy atom. The molecule has 0 fully saturated rings. The summed E-state index contributed by atoms with van der Waals surface area (Å²) in [5.74, 6) is 0.861. The van der Waals surface area contributed by atoms with Crippen LogP contribution in [0.3, 0.4) is 0 Å². The topological polar surface area (TPSA) is 46.1 Å². The normalized spacial score (nSPS) is 12.7. The summed E-state index contributed by atoms with van der Waals surface area (Å²) in [6.07, 6.45) is 0.996. The number of fused-ring (bicyclic) bond motifs is 1. The molecule has 6 heteroatoms. The fourth-order valence-electron chi connectivity index (χ4n) is 1.89. The predicted octanol–water partition coefficient (Wildman–Crippen LogP) is 3.13. The van der Waals surface area contributed by atoms with Crippen LogP contribution in [-0.2, 0) is 11.2 Å². The van der Waals surface area contributed by atoms with E-state index in [1.165, 1.54) is 16.6 Å². The van der Waals surface area contributed by atoms with E-state index in [0.717, 1.165) is 27.5 Å². The molecule has 0 saturated heterocycles. The minimum Gasteiger partial charge on any atom is -0.348 e. The third-order valence-electron chi connectivity index (χ3n) is 2.95. The molecule has 0 aliphatic carbocycles. The van der Waals surface area contributed by atoms with Gasteiger partial charge in [-0.05, 0) is 26.3 Å². The molecular weight excluding hydrogens is 290 g/mol. The van der Waals surface area contributed by atoms with Gasteiger partial charge in [0, 0.05) is 24.4 Å². The molecule has 0 radical (unpaired) electrons. The average Bonchev–Trinajstić information content (AvgIpc) is 2.80. The lowest BCUT2D eigenvalue weighted by atomic mass is 10.3. The van der Waals surface area contributed by atoms with E-state index in [0.29, 0.717) is 0 Å². The van der Waals surface area contributed by atoms with Crippen molar-refractivity contribution in [1.29, 1.82) is 0 Å². The van der Waals surface area contributed by atoms with Gasteiger partial charge in [-0.3, -0.25) is 4.79 Å². The van der Waals surface area contributed by atoms with E-state index in [4.69, 9.17) is 0 Å². The smallest absolute Gasteiger partial charge is 0.235 e. The molecule has 0 spiro atoms. The van der Waals surface area contributed by atoms with Gasteiger partial charge >= 0.3 is 0 Å². The van der Waals surface area contributed by atoms with Crippen molar-refractivity contribution >= 4 is 39.2 Å². The van der Waals surface area contributed by atoms with Crippen LogP contribution < -0.4 is 0 Å². The lowest BCUT2D eigenvalue weighted by Crippen LogP contribution is -2.29. The monoisotopic (exact) mass is 309 g/mol. The fourth-order valence-corrected chi connectivity index (χ4v) is 4.08. The van der Waals surface area contributed by atoms with Gasteiger partial charge in [-0.25, -0.2) is 9.97 Å². The van der Waals surface area contributed by atoms with Gasteiger partial charge in [0.2, 0.25) is 5.91 Å². The number of rotatable bonds is 4. The van der Waals surface area contributed by atoms with Crippen LogP contribution in [0.2, 0.25) is 0 Å². The number of aryl methyl sites for hydroxylation is 2. The lowest BCUT2D eigenvalue weighted by molar-refractivity contribution is -0.127. The maximum atomic E-state index is 12.0. The second-order valence-electron chi connectivity index (χ2n) is 4.85. The Hall–Kier alpha value is -1.14. The molecule has 1 atom stereocenters. The molecule has 1 unspecified atom stereocenters. The summed E-state index contributed by atoms with van der Waals surface area (Å²) >= 11 is 3.22. The molecular formula is C14H19N3OS2. The van der Waals surface area contributed by atoms with Crippen LogP contribution in [0, 0.1) is 6.92 Å². The number of thiophene rings is 1. The van der Waals surface area contributed by atoms with Crippen LogP contribution in [0.15, 0.2) is 11.1 Å². The second-order valence-corrected chi connectivity index (χ2v) is 7.30. The van der Waals surface area contributed by atoms with E-state index in [1.807, 2.05) is 13.8 Å². The first-order valence-corrected chi connectivity index (χ1v) is 8.26. The number of nitrogens with zero attached hydrogens (tertiary/aromatic N) is 3. The summed E-state index contributed by atoms with van der Waals surface area (Å²) < 4.78 is 0. The highest BCUT2D eigenvalue weighted by atomic mass is 32.2. The van der Waals surface area contributed by atoms with E-state index < -0.39 is 0 Å². The molecule has 0 aliphatic heterocycles. The molecule has 2 aromatic heterocycles. The molecule has 0 aromatic carbocycles. The molecule has 0 aliphatic rings. The first-order chi connectivity index (χ1) is 9.42. The minimum atomic E-state index is -0.146. The number of aromatic nitrogens is 2. The van der Waals surface area contributed by atoms with Gasteiger partial charge in [0.1, 0.15) is 15.7 Å². The Kier molecular flexibility index (Phi) is 4.65. The summed E-state index contributed by atoms with van der Waals surface area (Å²) in [6.45, 7) is 5.95. The molecule has 0 N–H and O–H groups in total. The van der Waals surface area contributed by atoms with Crippen LogP contribution >= 0.6 is 23.1 Å². The van der Waals surface area contributed by atoms with E-state index in [9.17, 15) is 4.79 Å². The molecule has 108 valence electrons. The highest BCUT2D eigenvalue weighted by molar-refractivity contribution is 8.00. The summed E-state index contributed by atoms with van der Waals surface area (Å²) in [5.41, 5.74) is 0. The van der Waals surface area contributed by atoms with Crippen molar-refractivity contribution in [3.63, 3.8) is 0 Å². The zero-order chi connectivity index (χ0) is 14.9. The van der Waals surface area contributed by atoms with Gasteiger partial charge in [0.25, 0.3) is 0 Å². The van der Waals surface area contributed by atoms with Crippen molar-refractivity contribution in [3.05, 3.63) is 16.8 Å². The van der Waals surface area contributed by atoms with E-state index in [-0.39, 0.29) is 11.2 Å². The van der Waals surface area contributed by atoms with Crippen molar-refractivity contribution in [2.75, 3.05) is 14.1 Å². The Balaban J connectivity index is 2.38. The third kappa shape index (κ3) is 3.12. The predicted molar refractivity (Wildman–Crippen MR) is 85.5 cm³/mol. The summed E-state index contributed by atoms with van der Waals surface area (Å²) in [4.78, 5) is 24.9. The quantitative estimate of drug-likeness (QED) is 0.643. The van der Waals surface area contributed by atoms with Gasteiger partial charge < -0.3 is 4.90 Å². The number of carbonyl (C=O) groups is 1. The zero-order valence-electron chi connectivity index (χ0n) is 12.4. The minimum absolute atomic E-state index is 0.102. The van der Waals surface area contributed by atoms with E-state index in [1.54, 1.807) is 30.3 Å². The Labute approximate surface area is 127 Å². The molecule has 2 rings (SSSR count). The van der Waals surface area contributed by atoms with Crippen molar-refractivity contribution in [2.24, 2.45) is 0 Å². The van der Waals surface area contributed by atoms with Crippen molar-refractivity contribution in [2.45, 2.75) is 37.5 Å². The third-order valence-corrected chi connectivity index (χ3v) is 5.21. The molecule has 1 amide bonds. The van der Waals surface area contributed by atoms with Crippen molar-refractivity contribution < 1.29 is 4.79 Å². The lowest BCUT2D eigenvalue weighted by Gasteiger charge is -2.16. The largest absolute Gasteiger partial charge is 0.348 e. The van der Waals surface area contributed by atoms with Gasteiger partial charge in [-0.15, -0.1) is 11.3 Å². The number of carbonyl (C=O) groups excluding carboxylic acids is 1. The highest BCUT2D eigenvalue weighted by Crippen LogP contribution is 2.33. The van der Waals surface area contributed by atoms with Crippen LogP contribution in [0.5, 0.6) is 0 Å². The Morgan fingerprint density at radius 3 is 2.75 bits per heavy atom. The van der Waals surface area contributed by atoms with Crippen LogP contribution in [0.25, 0.3) is 10.2 Å². The fraction of sp³-hybridized carbons (Fsp3) is 0.500. The van der Waals surface area contributed by atoms with Crippen molar-refractivity contribution in [3.8, 4) is 0 Å². The van der Waals surface area contributed by atoms with E-state index in [2.05, 4.69) is 23.0 Å². The maximum absolute atomic E-state index is 12.0. The Morgan fingerprint density at radius 1 is 1.45 bits per heavy atom. The Bertz CT molecular complexity index is 637. The summed E-state index contributed by atoms with van der Waals surface area (Å²) in [5, 5.41) is 1.83. The molecule has 4 nitrogen and oxygen atoms in total. The van der Waals surface area contributed by atoms with Gasteiger partial charge in [-0.1, -0.05) is 18.7 Å². The first kappa shape index (κ1) is 15.3. The molecule has 20 heavy (non-hydrogen) atoms. The van der Waals surface area contributed by atoms with Crippen LogP contribution in [0.1, 0.15) is 24.5 Å². The average molecular weight is 309 g/mol. The maximum Gasteiger partial charge on any atom is 0.235 e. The number of amides is 1. The number of thioether (sulfide) groups is 1. The highest BCUT2D eigenvalue weighted by Gasteiger charge is 2.19. The van der Waals surface area contributed by atoms with Crippen LogP contribution in [-0.4, -0.2) is 40.1 Å². The van der Waals surface area contributed by atoms with Crippen LogP contribution in [0.4, 0.5) is 0 Å². The van der Waals surface area contributed by atoms with Gasteiger partial charge in [-0.2, -0.15) is 0 Å². The second kappa shape index (κ2) is 6.10.